The fraction of sp³-hybridized carbons (Fsp3) is 0.364. The van der Waals surface area contributed by atoms with Gasteiger partial charge in [0.25, 0.3) is 0 Å². The van der Waals surface area contributed by atoms with Crippen LogP contribution in [0.5, 0.6) is 11.5 Å². The molecule has 5 heteroatoms. The lowest BCUT2D eigenvalue weighted by atomic mass is 9.83. The summed E-state index contributed by atoms with van der Waals surface area (Å²) in [5.41, 5.74) is 6.88. The van der Waals surface area contributed by atoms with Gasteiger partial charge in [0.05, 0.1) is 40.1 Å². The quantitative estimate of drug-likeness (QED) is 0.440. The van der Waals surface area contributed by atoms with Crippen LogP contribution in [0, 0.1) is 0 Å². The molecule has 0 spiro atoms. The Bertz CT molecular complexity index is 1010. The number of likely N-dealkylation sites (N-methyl/N-ethyl adjacent to an activating group) is 1. The maximum Gasteiger partial charge on any atom is 0.161 e. The second-order valence-corrected chi connectivity index (χ2v) is 7.80. The van der Waals surface area contributed by atoms with Gasteiger partial charge in [-0.1, -0.05) is 18.2 Å². The van der Waals surface area contributed by atoms with Crippen LogP contribution in [0.3, 0.4) is 0 Å². The Hall–Kier alpha value is -1.73. The number of para-hydroxylation sites is 1. The number of rotatable bonds is 2. The van der Waals surface area contributed by atoms with E-state index in [9.17, 15) is 0 Å². The maximum atomic E-state index is 5.62. The highest BCUT2D eigenvalue weighted by Gasteiger charge is 2.45. The number of nitrogens with one attached hydrogen (secondary N) is 1. The second kappa shape index (κ2) is 6.71. The fourth-order valence-corrected chi connectivity index (χ4v) is 5.05. The molecule has 2 aliphatic rings. The molecule has 27 heavy (non-hydrogen) atoms. The molecule has 0 bridgehead atoms. The molecular formula is C22H25IN2O2. The van der Waals surface area contributed by atoms with Gasteiger partial charge in [-0.2, -0.15) is 0 Å². The Kier molecular flexibility index (Phi) is 4.63. The molecule has 3 aromatic rings. The number of benzene rings is 2. The molecule has 2 unspecified atom stereocenters. The summed E-state index contributed by atoms with van der Waals surface area (Å²) >= 11 is 0. The molecule has 2 atom stereocenters. The van der Waals surface area contributed by atoms with Gasteiger partial charge >= 0.3 is 0 Å². The van der Waals surface area contributed by atoms with Gasteiger partial charge in [-0.15, -0.1) is 0 Å². The summed E-state index contributed by atoms with van der Waals surface area (Å²) in [6, 6.07) is 13.4. The first kappa shape index (κ1) is 18.6. The van der Waals surface area contributed by atoms with Crippen LogP contribution < -0.4 is 33.5 Å². The number of methoxy groups -OCH3 is 2. The predicted molar refractivity (Wildman–Crippen MR) is 103 cm³/mol. The minimum atomic E-state index is 0. The highest BCUT2D eigenvalue weighted by Crippen LogP contribution is 2.47. The van der Waals surface area contributed by atoms with Crippen LogP contribution in [-0.2, 0) is 12.8 Å². The van der Waals surface area contributed by atoms with E-state index in [1.54, 1.807) is 14.2 Å². The van der Waals surface area contributed by atoms with E-state index in [1.807, 2.05) is 0 Å². The van der Waals surface area contributed by atoms with E-state index in [4.69, 9.17) is 9.47 Å². The van der Waals surface area contributed by atoms with Gasteiger partial charge in [0.1, 0.15) is 0 Å². The van der Waals surface area contributed by atoms with Crippen molar-refractivity contribution in [2.24, 2.45) is 0 Å². The number of nitrogens with zero attached hydrogens (tertiary/aromatic N) is 1. The molecule has 2 aliphatic heterocycles. The van der Waals surface area contributed by atoms with Gasteiger partial charge in [-0.05, 0) is 29.3 Å². The lowest BCUT2D eigenvalue weighted by Crippen LogP contribution is -3.00. The van der Waals surface area contributed by atoms with Crippen LogP contribution in [0.4, 0.5) is 0 Å². The first-order chi connectivity index (χ1) is 12.6. The van der Waals surface area contributed by atoms with E-state index in [0.29, 0.717) is 6.04 Å². The Labute approximate surface area is 177 Å². The lowest BCUT2D eigenvalue weighted by molar-refractivity contribution is -0.937. The van der Waals surface area contributed by atoms with Gasteiger partial charge in [0, 0.05) is 29.3 Å². The summed E-state index contributed by atoms with van der Waals surface area (Å²) in [6.07, 6.45) is 2.22. The Balaban J connectivity index is 0.00000180. The molecule has 1 aromatic heterocycles. The average Bonchev–Trinajstić information content (AvgIpc) is 3.04. The van der Waals surface area contributed by atoms with Gasteiger partial charge in [0.15, 0.2) is 17.5 Å². The minimum Gasteiger partial charge on any atom is -1.00 e. The van der Waals surface area contributed by atoms with E-state index < -0.39 is 0 Å². The average molecular weight is 476 g/mol. The number of H-pyrrole nitrogens is 1. The van der Waals surface area contributed by atoms with Crippen molar-refractivity contribution in [1.82, 2.24) is 4.98 Å². The van der Waals surface area contributed by atoms with E-state index in [0.717, 1.165) is 35.4 Å². The minimum absolute atomic E-state index is 0. The zero-order valence-corrected chi connectivity index (χ0v) is 18.2. The van der Waals surface area contributed by atoms with Crippen LogP contribution in [-0.4, -0.2) is 43.8 Å². The maximum absolute atomic E-state index is 5.62. The number of hydrogen-bond acceptors (Lipinski definition) is 2. The van der Waals surface area contributed by atoms with E-state index in [-0.39, 0.29) is 24.0 Å². The molecule has 2 aromatic carbocycles. The summed E-state index contributed by atoms with van der Waals surface area (Å²) in [6.45, 7) is 2.33. The van der Waals surface area contributed by atoms with Crippen LogP contribution in [0.15, 0.2) is 36.4 Å². The Morgan fingerprint density at radius 3 is 2.48 bits per heavy atom. The van der Waals surface area contributed by atoms with Gasteiger partial charge < -0.3 is 42.9 Å². The number of quaternary nitrogens is 1. The Morgan fingerprint density at radius 1 is 1.00 bits per heavy atom. The zero-order chi connectivity index (χ0) is 17.9. The molecule has 0 saturated heterocycles. The highest BCUT2D eigenvalue weighted by molar-refractivity contribution is 5.85. The molecule has 5 rings (SSSR count). The molecule has 0 saturated carbocycles. The molecule has 4 nitrogen and oxygen atoms in total. The number of hydrogen-bond donors (Lipinski definition) is 1. The number of fused-ring (bicyclic) bond motifs is 7. The van der Waals surface area contributed by atoms with Crippen molar-refractivity contribution in [3.05, 3.63) is 58.8 Å². The molecule has 0 aliphatic carbocycles. The summed E-state index contributed by atoms with van der Waals surface area (Å²) in [5, 5.41) is 1.38. The normalized spacial score (nSPS) is 23.0. The van der Waals surface area contributed by atoms with Crippen LogP contribution >= 0.6 is 0 Å². The fourth-order valence-electron chi connectivity index (χ4n) is 5.05. The smallest absolute Gasteiger partial charge is 0.161 e. The van der Waals surface area contributed by atoms with Crippen LogP contribution in [0.2, 0.25) is 0 Å². The number of aromatic amines is 1. The monoisotopic (exact) mass is 476 g/mol. The molecule has 0 fully saturated rings. The van der Waals surface area contributed by atoms with Crippen LogP contribution in [0.1, 0.15) is 28.4 Å². The van der Waals surface area contributed by atoms with E-state index in [1.165, 1.54) is 39.8 Å². The van der Waals surface area contributed by atoms with Gasteiger partial charge in [0.2, 0.25) is 0 Å². The molecular weight excluding hydrogens is 451 g/mol. The van der Waals surface area contributed by atoms with Crippen LogP contribution in [0.25, 0.3) is 10.9 Å². The van der Waals surface area contributed by atoms with Crippen molar-refractivity contribution in [3.8, 4) is 11.5 Å². The van der Waals surface area contributed by atoms with E-state index in [2.05, 4.69) is 48.4 Å². The number of ether oxygens (including phenoxy) is 2. The molecule has 3 heterocycles. The van der Waals surface area contributed by atoms with Crippen molar-refractivity contribution in [1.29, 1.82) is 0 Å². The van der Waals surface area contributed by atoms with E-state index >= 15 is 0 Å². The molecule has 142 valence electrons. The van der Waals surface area contributed by atoms with Crippen molar-refractivity contribution >= 4 is 10.9 Å². The zero-order valence-electron chi connectivity index (χ0n) is 16.0. The third kappa shape index (κ3) is 2.66. The third-order valence-electron chi connectivity index (χ3n) is 6.45. The van der Waals surface area contributed by atoms with Crippen molar-refractivity contribution < 1.29 is 37.9 Å². The Morgan fingerprint density at radius 2 is 1.70 bits per heavy atom. The molecule has 0 amide bonds. The summed E-state index contributed by atoms with van der Waals surface area (Å²) in [4.78, 5) is 3.76. The topological polar surface area (TPSA) is 34.2 Å². The summed E-state index contributed by atoms with van der Waals surface area (Å²) < 4.78 is 12.2. The van der Waals surface area contributed by atoms with Crippen molar-refractivity contribution in [3.63, 3.8) is 0 Å². The first-order valence-corrected chi connectivity index (χ1v) is 9.33. The van der Waals surface area contributed by atoms with Gasteiger partial charge in [-0.25, -0.2) is 0 Å². The summed E-state index contributed by atoms with van der Waals surface area (Å²) in [5.74, 6) is 1.65. The van der Waals surface area contributed by atoms with Crippen molar-refractivity contribution in [2.75, 3.05) is 34.4 Å². The SMILES string of the molecule is COc1cc2c(cc1OC)C1c3[nH]c4ccccc4c3CC[N+]1(C)CC2.[I-]. The van der Waals surface area contributed by atoms with Crippen molar-refractivity contribution in [2.45, 2.75) is 18.9 Å². The molecule has 0 radical (unpaired) electrons. The largest absolute Gasteiger partial charge is 1.00 e. The standard InChI is InChI=1S/C22H25N2O2.HI/c1-24-10-8-14-12-19(25-2)20(26-3)13-17(14)22(24)21-16(9-11-24)15-6-4-5-7-18(15)23-21;/h4-7,12-13,22-23H,8-11H2,1-3H3;1H/q+1;/p-1. The third-order valence-corrected chi connectivity index (χ3v) is 6.45. The highest BCUT2D eigenvalue weighted by atomic mass is 127. The van der Waals surface area contributed by atoms with Gasteiger partial charge in [-0.3, -0.25) is 0 Å². The predicted octanol–water partition coefficient (Wildman–Crippen LogP) is 0.837. The molecule has 1 N–H and O–H groups in total. The summed E-state index contributed by atoms with van der Waals surface area (Å²) in [7, 11) is 5.83. The number of aromatic nitrogens is 1. The second-order valence-electron chi connectivity index (χ2n) is 7.80. The lowest BCUT2D eigenvalue weighted by Gasteiger charge is -2.48. The number of halogens is 1. The first-order valence-electron chi connectivity index (χ1n) is 9.33.